The van der Waals surface area contributed by atoms with Gasteiger partial charge in [0.05, 0.1) is 11.8 Å². The van der Waals surface area contributed by atoms with Gasteiger partial charge < -0.3 is 19.2 Å². The number of Topliss-reactive ketones (excluding diaryl/α,β-unsaturated/α-hetero) is 1. The minimum absolute atomic E-state index is 0.0209. The van der Waals surface area contributed by atoms with E-state index in [-0.39, 0.29) is 17.9 Å². The number of aliphatic hydroxyl groups excluding tert-OH is 1. The molecule has 0 saturated carbocycles. The summed E-state index contributed by atoms with van der Waals surface area (Å²) in [6, 6.07) is 20.8. The van der Waals surface area contributed by atoms with Gasteiger partial charge in [-0.05, 0) is 66.1 Å². The van der Waals surface area contributed by atoms with Gasteiger partial charge in [-0.15, -0.1) is 0 Å². The smallest absolute Gasteiger partial charge is 0.296 e. The Morgan fingerprint density at radius 1 is 1.03 bits per heavy atom. The van der Waals surface area contributed by atoms with Crippen molar-refractivity contribution in [3.8, 4) is 5.75 Å². The fraction of sp³-hybridized carbons (Fsp3) is 0.138. The van der Waals surface area contributed by atoms with Crippen LogP contribution in [0.1, 0.15) is 34.1 Å². The van der Waals surface area contributed by atoms with Crippen molar-refractivity contribution in [3.63, 3.8) is 0 Å². The van der Waals surface area contributed by atoms with E-state index in [9.17, 15) is 14.7 Å². The number of hydrogen-bond donors (Lipinski definition) is 1. The summed E-state index contributed by atoms with van der Waals surface area (Å²) >= 11 is 0. The van der Waals surface area contributed by atoms with Crippen molar-refractivity contribution < 1.29 is 23.8 Å². The lowest BCUT2D eigenvalue weighted by Crippen LogP contribution is -2.29. The molecule has 3 heterocycles. The predicted molar refractivity (Wildman–Crippen MR) is 133 cm³/mol. The molecule has 7 nitrogen and oxygen atoms in total. The molecule has 0 radical (unpaired) electrons. The van der Waals surface area contributed by atoms with Gasteiger partial charge in [0.1, 0.15) is 29.9 Å². The molecule has 1 aliphatic rings. The third-order valence-electron chi connectivity index (χ3n) is 6.21. The number of likely N-dealkylation sites (tertiary alicyclic amines) is 1. The summed E-state index contributed by atoms with van der Waals surface area (Å²) in [6.07, 6.45) is 4.74. The van der Waals surface area contributed by atoms with Gasteiger partial charge in [-0.2, -0.15) is 0 Å². The molecule has 2 aromatic carbocycles. The van der Waals surface area contributed by atoms with Gasteiger partial charge in [0, 0.05) is 24.5 Å². The maximum Gasteiger partial charge on any atom is 0.296 e. The van der Waals surface area contributed by atoms with E-state index in [4.69, 9.17) is 9.15 Å². The van der Waals surface area contributed by atoms with Crippen molar-refractivity contribution in [3.05, 3.63) is 125 Å². The molecule has 0 spiro atoms. The number of pyridine rings is 1. The van der Waals surface area contributed by atoms with Crippen LogP contribution in [0, 0.1) is 6.92 Å². The number of carbonyl (C=O) groups is 2. The Hall–Kier alpha value is -4.65. The number of carbonyl (C=O) groups excluding carboxylic acids is 2. The predicted octanol–water partition coefficient (Wildman–Crippen LogP) is 5.18. The van der Waals surface area contributed by atoms with Gasteiger partial charge in [-0.25, -0.2) is 0 Å². The largest absolute Gasteiger partial charge is 0.507 e. The van der Waals surface area contributed by atoms with Crippen LogP contribution >= 0.6 is 0 Å². The van der Waals surface area contributed by atoms with Crippen LogP contribution < -0.4 is 4.74 Å². The van der Waals surface area contributed by atoms with E-state index in [2.05, 4.69) is 4.98 Å². The molecular formula is C29H24N2O5. The number of hydrogen-bond acceptors (Lipinski definition) is 6. The van der Waals surface area contributed by atoms with Crippen molar-refractivity contribution in [2.24, 2.45) is 0 Å². The number of aliphatic hydroxyl groups is 1. The highest BCUT2D eigenvalue weighted by Gasteiger charge is 2.47. The minimum atomic E-state index is -0.864. The average molecular weight is 481 g/mol. The van der Waals surface area contributed by atoms with Gasteiger partial charge >= 0.3 is 0 Å². The lowest BCUT2D eigenvalue weighted by Gasteiger charge is -2.23. The molecule has 180 valence electrons. The van der Waals surface area contributed by atoms with Crippen LogP contribution in [0.2, 0.25) is 0 Å². The van der Waals surface area contributed by atoms with E-state index in [1.807, 2.05) is 37.3 Å². The zero-order chi connectivity index (χ0) is 25.1. The molecule has 1 fully saturated rings. The molecule has 36 heavy (non-hydrogen) atoms. The summed E-state index contributed by atoms with van der Waals surface area (Å²) in [4.78, 5) is 31.6. The number of ketones is 1. The van der Waals surface area contributed by atoms with Crippen molar-refractivity contribution in [2.45, 2.75) is 26.1 Å². The van der Waals surface area contributed by atoms with E-state index >= 15 is 0 Å². The van der Waals surface area contributed by atoms with E-state index in [0.717, 1.165) is 16.7 Å². The zero-order valence-electron chi connectivity index (χ0n) is 19.6. The van der Waals surface area contributed by atoms with Crippen LogP contribution in [-0.2, 0) is 22.7 Å². The van der Waals surface area contributed by atoms with Gasteiger partial charge in [0.25, 0.3) is 11.7 Å². The van der Waals surface area contributed by atoms with E-state index in [1.54, 1.807) is 54.9 Å². The number of aromatic nitrogens is 1. The third-order valence-corrected chi connectivity index (χ3v) is 6.21. The van der Waals surface area contributed by atoms with Gasteiger partial charge in [-0.3, -0.25) is 14.6 Å². The Morgan fingerprint density at radius 2 is 1.83 bits per heavy atom. The van der Waals surface area contributed by atoms with Gasteiger partial charge in [0.15, 0.2) is 0 Å². The van der Waals surface area contributed by atoms with E-state index in [0.29, 0.717) is 23.7 Å². The van der Waals surface area contributed by atoms with Crippen molar-refractivity contribution >= 4 is 17.4 Å². The van der Waals surface area contributed by atoms with Crippen molar-refractivity contribution in [1.82, 2.24) is 9.88 Å². The lowest BCUT2D eigenvalue weighted by molar-refractivity contribution is -0.140. The fourth-order valence-corrected chi connectivity index (χ4v) is 4.27. The quantitative estimate of drug-likeness (QED) is 0.222. The molecule has 4 aromatic rings. The molecule has 0 bridgehead atoms. The summed E-state index contributed by atoms with van der Waals surface area (Å²) < 4.78 is 11.5. The first kappa shape index (κ1) is 23.1. The molecule has 1 aliphatic heterocycles. The Bertz CT molecular complexity index is 1410. The highest BCUT2D eigenvalue weighted by molar-refractivity contribution is 6.46. The molecule has 1 unspecified atom stereocenters. The summed E-state index contributed by atoms with van der Waals surface area (Å²) in [5.74, 6) is -0.737. The first-order valence-electron chi connectivity index (χ1n) is 11.5. The molecule has 1 saturated heterocycles. The maximum absolute atomic E-state index is 13.1. The van der Waals surface area contributed by atoms with Gasteiger partial charge in [-0.1, -0.05) is 30.3 Å². The summed E-state index contributed by atoms with van der Waals surface area (Å²) in [5.41, 5.74) is 3.35. The second-order valence-electron chi connectivity index (χ2n) is 8.54. The van der Waals surface area contributed by atoms with Crippen LogP contribution in [0.4, 0.5) is 0 Å². The molecule has 1 amide bonds. The Balaban J connectivity index is 1.44. The third kappa shape index (κ3) is 4.51. The fourth-order valence-electron chi connectivity index (χ4n) is 4.27. The summed E-state index contributed by atoms with van der Waals surface area (Å²) in [5, 5.41) is 11.2. The Morgan fingerprint density at radius 3 is 2.53 bits per heavy atom. The normalized spacial score (nSPS) is 16.9. The van der Waals surface area contributed by atoms with Crippen LogP contribution in [0.25, 0.3) is 5.76 Å². The zero-order valence-corrected chi connectivity index (χ0v) is 19.6. The molecule has 7 heteroatoms. The monoisotopic (exact) mass is 480 g/mol. The number of ether oxygens (including phenoxy) is 1. The SMILES string of the molecule is Cc1ccccc1COc1ccc(C(O)=C2C(=O)C(=O)N(Cc3cccnc3)C2c2ccco2)cc1. The number of aryl methyl sites for hydroxylation is 1. The minimum Gasteiger partial charge on any atom is -0.507 e. The highest BCUT2D eigenvalue weighted by Crippen LogP contribution is 2.40. The van der Waals surface area contributed by atoms with Gasteiger partial charge in [0.2, 0.25) is 0 Å². The summed E-state index contributed by atoms with van der Waals surface area (Å²) in [6.45, 7) is 2.58. The number of nitrogens with zero attached hydrogens (tertiary/aromatic N) is 2. The second kappa shape index (κ2) is 9.92. The number of amides is 1. The van der Waals surface area contributed by atoms with Crippen molar-refractivity contribution in [1.29, 1.82) is 0 Å². The average Bonchev–Trinajstić information content (AvgIpc) is 3.52. The highest BCUT2D eigenvalue weighted by atomic mass is 16.5. The van der Waals surface area contributed by atoms with Crippen LogP contribution in [0.5, 0.6) is 5.75 Å². The Labute approximate surface area is 208 Å². The van der Waals surface area contributed by atoms with E-state index in [1.165, 1.54) is 11.2 Å². The standard InChI is InChI=1S/C29H24N2O5/c1-19-6-2-3-8-22(19)18-36-23-12-10-21(11-13-23)27(32)25-26(24-9-5-15-35-24)31(29(34)28(25)33)17-20-7-4-14-30-16-20/h2-16,26,32H,17-18H2,1H3. The molecule has 0 aliphatic carbocycles. The summed E-state index contributed by atoms with van der Waals surface area (Å²) in [7, 11) is 0. The van der Waals surface area contributed by atoms with Crippen LogP contribution in [0.15, 0.2) is 101 Å². The number of furan rings is 1. The molecular weight excluding hydrogens is 456 g/mol. The number of benzene rings is 2. The molecule has 5 rings (SSSR count). The second-order valence-corrected chi connectivity index (χ2v) is 8.54. The lowest BCUT2D eigenvalue weighted by atomic mass is 9.99. The van der Waals surface area contributed by atoms with E-state index < -0.39 is 17.7 Å². The molecule has 1 atom stereocenters. The number of rotatable bonds is 7. The van der Waals surface area contributed by atoms with Crippen molar-refractivity contribution in [2.75, 3.05) is 0 Å². The first-order valence-corrected chi connectivity index (χ1v) is 11.5. The first-order chi connectivity index (χ1) is 17.5. The van der Waals surface area contributed by atoms with Crippen LogP contribution in [0.3, 0.4) is 0 Å². The maximum atomic E-state index is 13.1. The Kier molecular flexibility index (Phi) is 6.36. The topological polar surface area (TPSA) is 92.9 Å². The molecule has 2 aromatic heterocycles. The molecule has 1 N–H and O–H groups in total. The van der Waals surface area contributed by atoms with Crippen LogP contribution in [-0.4, -0.2) is 26.7 Å².